The Morgan fingerprint density at radius 2 is 2.14 bits per heavy atom. The summed E-state index contributed by atoms with van der Waals surface area (Å²) in [5, 5.41) is 2.87. The first-order chi connectivity index (χ1) is 9.65. The molecule has 1 aliphatic rings. The number of carbonyl (C=O) groups is 1. The zero-order valence-corrected chi connectivity index (χ0v) is 13.1. The lowest BCUT2D eigenvalue weighted by Gasteiger charge is -2.22. The monoisotopic (exact) mass is 314 g/mol. The first-order valence-electron chi connectivity index (χ1n) is 7.00. The summed E-state index contributed by atoms with van der Waals surface area (Å²) in [6, 6.07) is 5.48. The molecule has 1 aromatic rings. The lowest BCUT2D eigenvalue weighted by molar-refractivity contribution is -0.118. The smallest absolute Gasteiger partial charge is 0.226 e. The summed E-state index contributed by atoms with van der Waals surface area (Å²) < 4.78 is 10.9. The van der Waals surface area contributed by atoms with E-state index in [0.29, 0.717) is 18.7 Å². The van der Waals surface area contributed by atoms with Gasteiger partial charge in [-0.25, -0.2) is 0 Å². The van der Waals surface area contributed by atoms with Gasteiger partial charge in [-0.1, -0.05) is 6.07 Å². The molecule has 1 saturated heterocycles. The van der Waals surface area contributed by atoms with E-state index in [2.05, 4.69) is 5.32 Å². The Bertz CT molecular complexity index is 462. The van der Waals surface area contributed by atoms with E-state index in [1.807, 2.05) is 19.1 Å². The molecule has 21 heavy (non-hydrogen) atoms. The fraction of sp³-hybridized carbons (Fsp3) is 0.533. The van der Waals surface area contributed by atoms with E-state index in [0.717, 1.165) is 37.3 Å². The second-order valence-corrected chi connectivity index (χ2v) is 5.06. The summed E-state index contributed by atoms with van der Waals surface area (Å²) in [5.74, 6) is -0.0502. The Morgan fingerprint density at radius 3 is 2.86 bits per heavy atom. The minimum atomic E-state index is -0.0502. The van der Waals surface area contributed by atoms with Crippen LogP contribution in [0.3, 0.4) is 0 Å². The molecule has 0 atom stereocenters. The number of rotatable bonds is 5. The third-order valence-corrected chi connectivity index (χ3v) is 3.39. The zero-order valence-electron chi connectivity index (χ0n) is 12.3. The summed E-state index contributed by atoms with van der Waals surface area (Å²) in [5.41, 5.74) is 8.12. The molecule has 0 aromatic heterocycles. The standard InChI is InChI=1S/C15H22N2O3.ClH/c1-11-2-3-12(16)10-14(11)17-15(18)6-9-20-13-4-7-19-8-5-13;/h2-3,10,13H,4-9,16H2,1H3,(H,17,18);1H. The van der Waals surface area contributed by atoms with Gasteiger partial charge in [0.25, 0.3) is 0 Å². The second kappa shape index (κ2) is 8.87. The van der Waals surface area contributed by atoms with Crippen molar-refractivity contribution in [3.05, 3.63) is 23.8 Å². The van der Waals surface area contributed by atoms with Crippen molar-refractivity contribution in [2.75, 3.05) is 30.9 Å². The molecule has 1 fully saturated rings. The topological polar surface area (TPSA) is 73.6 Å². The predicted octanol–water partition coefficient (Wildman–Crippen LogP) is 2.52. The Labute approximate surface area is 131 Å². The van der Waals surface area contributed by atoms with Gasteiger partial charge in [0, 0.05) is 24.6 Å². The first kappa shape index (κ1) is 17.8. The third kappa shape index (κ3) is 5.91. The number of nitrogen functional groups attached to an aromatic ring is 1. The Morgan fingerprint density at radius 1 is 1.43 bits per heavy atom. The summed E-state index contributed by atoms with van der Waals surface area (Å²) in [6.45, 7) is 3.88. The van der Waals surface area contributed by atoms with Crippen LogP contribution < -0.4 is 11.1 Å². The van der Waals surface area contributed by atoms with Crippen LogP contribution in [0.15, 0.2) is 18.2 Å². The van der Waals surface area contributed by atoms with Gasteiger partial charge in [-0.2, -0.15) is 0 Å². The fourth-order valence-electron chi connectivity index (χ4n) is 2.15. The van der Waals surface area contributed by atoms with Gasteiger partial charge in [-0.15, -0.1) is 12.4 Å². The average Bonchev–Trinajstić information content (AvgIpc) is 2.44. The van der Waals surface area contributed by atoms with E-state index in [1.54, 1.807) is 6.07 Å². The van der Waals surface area contributed by atoms with Gasteiger partial charge >= 0.3 is 0 Å². The molecule has 118 valence electrons. The number of hydrogen-bond acceptors (Lipinski definition) is 4. The van der Waals surface area contributed by atoms with E-state index in [9.17, 15) is 4.79 Å². The van der Waals surface area contributed by atoms with Crippen LogP contribution >= 0.6 is 12.4 Å². The molecule has 0 radical (unpaired) electrons. The molecule has 2 rings (SSSR count). The highest BCUT2D eigenvalue weighted by molar-refractivity contribution is 5.92. The molecule has 0 bridgehead atoms. The van der Waals surface area contributed by atoms with Crippen molar-refractivity contribution in [3.8, 4) is 0 Å². The third-order valence-electron chi connectivity index (χ3n) is 3.39. The minimum Gasteiger partial charge on any atom is -0.399 e. The lowest BCUT2D eigenvalue weighted by Crippen LogP contribution is -2.25. The van der Waals surface area contributed by atoms with Gasteiger partial charge in [0.1, 0.15) is 0 Å². The minimum absolute atomic E-state index is 0. The molecule has 0 spiro atoms. The van der Waals surface area contributed by atoms with Crippen molar-refractivity contribution in [1.82, 2.24) is 0 Å². The molecule has 0 saturated carbocycles. The molecule has 6 heteroatoms. The average molecular weight is 315 g/mol. The molecular weight excluding hydrogens is 292 g/mol. The number of nitrogens with two attached hydrogens (primary N) is 1. The van der Waals surface area contributed by atoms with E-state index >= 15 is 0 Å². The largest absolute Gasteiger partial charge is 0.399 e. The second-order valence-electron chi connectivity index (χ2n) is 5.06. The lowest BCUT2D eigenvalue weighted by atomic mass is 10.1. The maximum absolute atomic E-state index is 11.9. The summed E-state index contributed by atoms with van der Waals surface area (Å²) >= 11 is 0. The number of benzene rings is 1. The Kier molecular flexibility index (Phi) is 7.50. The molecule has 5 nitrogen and oxygen atoms in total. The fourth-order valence-corrected chi connectivity index (χ4v) is 2.15. The Balaban J connectivity index is 0.00000220. The van der Waals surface area contributed by atoms with E-state index < -0.39 is 0 Å². The van der Waals surface area contributed by atoms with Crippen molar-refractivity contribution in [1.29, 1.82) is 0 Å². The molecule has 3 N–H and O–H groups in total. The number of carbonyl (C=O) groups excluding carboxylic acids is 1. The van der Waals surface area contributed by atoms with E-state index in [4.69, 9.17) is 15.2 Å². The molecular formula is C15H23ClN2O3. The highest BCUT2D eigenvalue weighted by atomic mass is 35.5. The van der Waals surface area contributed by atoms with Crippen molar-refractivity contribution < 1.29 is 14.3 Å². The predicted molar refractivity (Wildman–Crippen MR) is 85.9 cm³/mol. The number of ether oxygens (including phenoxy) is 2. The highest BCUT2D eigenvalue weighted by Crippen LogP contribution is 2.18. The van der Waals surface area contributed by atoms with E-state index in [1.165, 1.54) is 0 Å². The SMILES string of the molecule is Cc1ccc(N)cc1NC(=O)CCOC1CCOCC1.Cl. The maximum Gasteiger partial charge on any atom is 0.226 e. The molecule has 1 aliphatic heterocycles. The Hall–Kier alpha value is -1.30. The number of anilines is 2. The number of halogens is 1. The van der Waals surface area contributed by atoms with Crippen LogP contribution in [0.5, 0.6) is 0 Å². The van der Waals surface area contributed by atoms with Crippen LogP contribution in [0.1, 0.15) is 24.8 Å². The molecule has 0 unspecified atom stereocenters. The first-order valence-corrected chi connectivity index (χ1v) is 7.00. The van der Waals surface area contributed by atoms with Crippen molar-refractivity contribution in [2.45, 2.75) is 32.3 Å². The van der Waals surface area contributed by atoms with Gasteiger partial charge in [0.05, 0.1) is 19.1 Å². The normalized spacial score (nSPS) is 15.3. The number of nitrogens with one attached hydrogen (secondary N) is 1. The van der Waals surface area contributed by atoms with Gasteiger partial charge in [-0.05, 0) is 37.5 Å². The van der Waals surface area contributed by atoms with Crippen molar-refractivity contribution >= 4 is 29.7 Å². The molecule has 1 heterocycles. The summed E-state index contributed by atoms with van der Waals surface area (Å²) in [7, 11) is 0. The summed E-state index contributed by atoms with van der Waals surface area (Å²) in [6.07, 6.45) is 2.41. The quantitative estimate of drug-likeness (QED) is 0.819. The number of hydrogen-bond donors (Lipinski definition) is 2. The van der Waals surface area contributed by atoms with Crippen LogP contribution in [0, 0.1) is 6.92 Å². The van der Waals surface area contributed by atoms with Crippen molar-refractivity contribution in [2.24, 2.45) is 0 Å². The molecule has 1 aromatic carbocycles. The van der Waals surface area contributed by atoms with Crippen LogP contribution in [0.4, 0.5) is 11.4 Å². The van der Waals surface area contributed by atoms with Gasteiger partial charge in [0.2, 0.25) is 5.91 Å². The maximum atomic E-state index is 11.9. The van der Waals surface area contributed by atoms with Crippen LogP contribution in [-0.4, -0.2) is 31.8 Å². The number of amides is 1. The molecule has 0 aliphatic carbocycles. The van der Waals surface area contributed by atoms with Gasteiger partial charge in [-0.3, -0.25) is 4.79 Å². The van der Waals surface area contributed by atoms with Gasteiger partial charge < -0.3 is 20.5 Å². The summed E-state index contributed by atoms with van der Waals surface area (Å²) in [4.78, 5) is 11.9. The highest BCUT2D eigenvalue weighted by Gasteiger charge is 2.14. The van der Waals surface area contributed by atoms with Crippen LogP contribution in [-0.2, 0) is 14.3 Å². The number of aryl methyl sites for hydroxylation is 1. The van der Waals surface area contributed by atoms with E-state index in [-0.39, 0.29) is 24.4 Å². The molecule has 1 amide bonds. The van der Waals surface area contributed by atoms with Gasteiger partial charge in [0.15, 0.2) is 0 Å². The van der Waals surface area contributed by atoms with Crippen molar-refractivity contribution in [3.63, 3.8) is 0 Å². The van der Waals surface area contributed by atoms with Crippen LogP contribution in [0.2, 0.25) is 0 Å². The van der Waals surface area contributed by atoms with Crippen LogP contribution in [0.25, 0.3) is 0 Å². The zero-order chi connectivity index (χ0) is 14.4.